The van der Waals surface area contributed by atoms with Gasteiger partial charge in [0, 0.05) is 18.0 Å². The van der Waals surface area contributed by atoms with Crippen LogP contribution >= 0.6 is 0 Å². The van der Waals surface area contributed by atoms with Gasteiger partial charge >= 0.3 is 0 Å². The molecule has 0 unspecified atom stereocenters. The molecule has 0 saturated carbocycles. The van der Waals surface area contributed by atoms with Gasteiger partial charge in [0.1, 0.15) is 17.2 Å². The normalized spacial score (nSPS) is 21.2. The molecule has 2 N–H and O–H groups in total. The molecule has 0 amide bonds. The summed E-state index contributed by atoms with van der Waals surface area (Å²) in [7, 11) is 0. The topological polar surface area (TPSA) is 35.2 Å². The molecule has 1 aromatic rings. The molecule has 18 heavy (non-hydrogen) atoms. The Morgan fingerprint density at radius 1 is 1.33 bits per heavy atom. The third-order valence-corrected chi connectivity index (χ3v) is 3.70. The molecule has 0 bridgehead atoms. The molecule has 0 aromatic heterocycles. The lowest BCUT2D eigenvalue weighted by Gasteiger charge is -2.41. The summed E-state index contributed by atoms with van der Waals surface area (Å²) < 4.78 is 19.4. The van der Waals surface area contributed by atoms with Crippen LogP contribution in [0.15, 0.2) is 18.2 Å². The van der Waals surface area contributed by atoms with Crippen LogP contribution in [0.3, 0.4) is 0 Å². The fourth-order valence-electron chi connectivity index (χ4n) is 3.03. The van der Waals surface area contributed by atoms with Crippen LogP contribution < -0.4 is 10.5 Å². The van der Waals surface area contributed by atoms with Crippen molar-refractivity contribution in [3.05, 3.63) is 29.6 Å². The van der Waals surface area contributed by atoms with Gasteiger partial charge in [-0.05, 0) is 31.0 Å². The van der Waals surface area contributed by atoms with Gasteiger partial charge in [0.2, 0.25) is 0 Å². The largest absolute Gasteiger partial charge is 0.487 e. The van der Waals surface area contributed by atoms with Crippen molar-refractivity contribution in [2.75, 3.05) is 0 Å². The average Bonchev–Trinajstić information content (AvgIpc) is 2.31. The smallest absolute Gasteiger partial charge is 0.125 e. The first kappa shape index (κ1) is 13.3. The summed E-state index contributed by atoms with van der Waals surface area (Å²) >= 11 is 0. The van der Waals surface area contributed by atoms with Gasteiger partial charge in [-0.25, -0.2) is 4.39 Å². The second-order valence-electron chi connectivity index (χ2n) is 5.28. The number of ether oxygens (including phenoxy) is 1. The van der Waals surface area contributed by atoms with E-state index in [1.165, 1.54) is 12.1 Å². The minimum Gasteiger partial charge on any atom is -0.487 e. The predicted octanol–water partition coefficient (Wildman–Crippen LogP) is 3.95. The molecular formula is C15H22FNO. The molecule has 1 aliphatic rings. The van der Waals surface area contributed by atoms with E-state index in [-0.39, 0.29) is 17.5 Å². The summed E-state index contributed by atoms with van der Waals surface area (Å²) in [5.74, 6) is 0.517. The van der Waals surface area contributed by atoms with Gasteiger partial charge in [-0.2, -0.15) is 0 Å². The molecule has 0 aliphatic carbocycles. The Balaban J connectivity index is 2.32. The molecule has 1 atom stereocenters. The highest BCUT2D eigenvalue weighted by Gasteiger charge is 2.38. The van der Waals surface area contributed by atoms with Crippen LogP contribution in [0, 0.1) is 5.82 Å². The summed E-state index contributed by atoms with van der Waals surface area (Å²) in [5.41, 5.74) is 6.85. The van der Waals surface area contributed by atoms with E-state index in [2.05, 4.69) is 13.8 Å². The van der Waals surface area contributed by atoms with Crippen LogP contribution in [-0.4, -0.2) is 5.60 Å². The zero-order chi connectivity index (χ0) is 13.2. The molecule has 2 nitrogen and oxygen atoms in total. The minimum atomic E-state index is -0.244. The lowest BCUT2D eigenvalue weighted by Crippen LogP contribution is -2.42. The minimum absolute atomic E-state index is 0.123. The molecule has 1 heterocycles. The Morgan fingerprint density at radius 2 is 2.00 bits per heavy atom. The number of hydrogen-bond acceptors (Lipinski definition) is 2. The number of hydrogen-bond donors (Lipinski definition) is 1. The summed E-state index contributed by atoms with van der Waals surface area (Å²) in [4.78, 5) is 0. The van der Waals surface area contributed by atoms with E-state index >= 15 is 0 Å². The summed E-state index contributed by atoms with van der Waals surface area (Å²) in [6.45, 7) is 4.32. The lowest BCUT2D eigenvalue weighted by molar-refractivity contribution is 0.0178. The van der Waals surface area contributed by atoms with Crippen molar-refractivity contribution in [3.63, 3.8) is 0 Å². The second kappa shape index (κ2) is 5.27. The standard InChI is InChI=1S/C15H22FNO/c1-3-7-15(8-4-2)10-13(17)12-9-11(16)5-6-14(12)18-15/h5-6,9,13H,3-4,7-8,10,17H2,1-2H3/t13-/m0/s1. The number of benzene rings is 1. The van der Waals surface area contributed by atoms with Crippen molar-refractivity contribution in [1.29, 1.82) is 0 Å². The Hall–Kier alpha value is -1.09. The van der Waals surface area contributed by atoms with Crippen LogP contribution in [0.2, 0.25) is 0 Å². The maximum Gasteiger partial charge on any atom is 0.125 e. The first-order valence-electron chi connectivity index (χ1n) is 6.84. The Bertz CT molecular complexity index is 413. The van der Waals surface area contributed by atoms with Gasteiger partial charge in [-0.3, -0.25) is 0 Å². The monoisotopic (exact) mass is 251 g/mol. The van der Waals surface area contributed by atoms with Crippen LogP contribution in [0.25, 0.3) is 0 Å². The van der Waals surface area contributed by atoms with Crippen LogP contribution in [-0.2, 0) is 0 Å². The Kier molecular flexibility index (Phi) is 3.91. The summed E-state index contributed by atoms with van der Waals surface area (Å²) in [6.07, 6.45) is 4.94. The molecule has 1 aromatic carbocycles. The highest BCUT2D eigenvalue weighted by atomic mass is 19.1. The van der Waals surface area contributed by atoms with E-state index in [4.69, 9.17) is 10.5 Å². The SMILES string of the molecule is CCCC1(CCC)C[C@H](N)c2cc(F)ccc2O1. The fraction of sp³-hybridized carbons (Fsp3) is 0.600. The molecule has 0 fully saturated rings. The van der Waals surface area contributed by atoms with E-state index in [9.17, 15) is 4.39 Å². The van der Waals surface area contributed by atoms with E-state index < -0.39 is 0 Å². The zero-order valence-corrected chi connectivity index (χ0v) is 11.2. The predicted molar refractivity (Wildman–Crippen MR) is 71.1 cm³/mol. The molecule has 2 rings (SSSR count). The van der Waals surface area contributed by atoms with Crippen LogP contribution in [0.1, 0.15) is 57.6 Å². The lowest BCUT2D eigenvalue weighted by atomic mass is 9.81. The maximum atomic E-state index is 13.2. The maximum absolute atomic E-state index is 13.2. The van der Waals surface area contributed by atoms with Crippen molar-refractivity contribution in [3.8, 4) is 5.75 Å². The van der Waals surface area contributed by atoms with Crippen molar-refractivity contribution < 1.29 is 9.13 Å². The van der Waals surface area contributed by atoms with E-state index in [0.29, 0.717) is 0 Å². The van der Waals surface area contributed by atoms with Crippen molar-refractivity contribution in [2.45, 2.75) is 57.6 Å². The number of nitrogens with two attached hydrogens (primary N) is 1. The highest BCUT2D eigenvalue weighted by Crippen LogP contribution is 2.42. The van der Waals surface area contributed by atoms with Gasteiger partial charge in [0.05, 0.1) is 0 Å². The first-order valence-corrected chi connectivity index (χ1v) is 6.84. The van der Waals surface area contributed by atoms with Crippen molar-refractivity contribution >= 4 is 0 Å². The average molecular weight is 251 g/mol. The van der Waals surface area contributed by atoms with Crippen molar-refractivity contribution in [1.82, 2.24) is 0 Å². The van der Waals surface area contributed by atoms with E-state index in [1.807, 2.05) is 0 Å². The fourth-order valence-corrected chi connectivity index (χ4v) is 3.03. The third kappa shape index (κ3) is 2.51. The van der Waals surface area contributed by atoms with Crippen molar-refractivity contribution in [2.24, 2.45) is 5.73 Å². The van der Waals surface area contributed by atoms with Crippen LogP contribution in [0.4, 0.5) is 4.39 Å². The highest BCUT2D eigenvalue weighted by molar-refractivity contribution is 5.39. The quantitative estimate of drug-likeness (QED) is 0.879. The molecule has 100 valence electrons. The molecule has 1 aliphatic heterocycles. The van der Waals surface area contributed by atoms with Gasteiger partial charge in [0.15, 0.2) is 0 Å². The number of fused-ring (bicyclic) bond motifs is 1. The van der Waals surface area contributed by atoms with E-state index in [0.717, 1.165) is 43.4 Å². The summed E-state index contributed by atoms with van der Waals surface area (Å²) in [5, 5.41) is 0. The van der Waals surface area contributed by atoms with Gasteiger partial charge in [-0.15, -0.1) is 0 Å². The third-order valence-electron chi connectivity index (χ3n) is 3.70. The second-order valence-corrected chi connectivity index (χ2v) is 5.28. The van der Waals surface area contributed by atoms with Gasteiger partial charge in [0.25, 0.3) is 0 Å². The number of rotatable bonds is 4. The first-order chi connectivity index (χ1) is 8.60. The molecular weight excluding hydrogens is 229 g/mol. The Morgan fingerprint density at radius 3 is 2.61 bits per heavy atom. The summed E-state index contributed by atoms with van der Waals surface area (Å²) in [6, 6.07) is 4.54. The molecule has 0 saturated heterocycles. The molecule has 0 radical (unpaired) electrons. The van der Waals surface area contributed by atoms with E-state index in [1.54, 1.807) is 6.07 Å². The zero-order valence-electron chi connectivity index (χ0n) is 11.2. The molecule has 0 spiro atoms. The Labute approximate surface area is 108 Å². The van der Waals surface area contributed by atoms with Gasteiger partial charge in [-0.1, -0.05) is 26.7 Å². The van der Waals surface area contributed by atoms with Gasteiger partial charge < -0.3 is 10.5 Å². The molecule has 3 heteroatoms. The van der Waals surface area contributed by atoms with Crippen LogP contribution in [0.5, 0.6) is 5.75 Å². The number of halogens is 1.